The van der Waals surface area contributed by atoms with Crippen molar-refractivity contribution >= 4 is 27.5 Å². The average molecular weight is 341 g/mol. The standard InChI is InChI=1S/C10H6BrClF3N3/c1-5-2-8(11)17-18(5)9-7(12)3-6(4-16-9)10(13,14)15/h2-4H,1H3. The van der Waals surface area contributed by atoms with E-state index in [4.69, 9.17) is 11.6 Å². The summed E-state index contributed by atoms with van der Waals surface area (Å²) in [7, 11) is 0. The number of halogens is 5. The molecule has 0 aliphatic carbocycles. The van der Waals surface area contributed by atoms with Crippen molar-refractivity contribution in [1.29, 1.82) is 0 Å². The molecule has 0 bridgehead atoms. The van der Waals surface area contributed by atoms with Gasteiger partial charge >= 0.3 is 6.18 Å². The Morgan fingerprint density at radius 3 is 2.44 bits per heavy atom. The van der Waals surface area contributed by atoms with Crippen molar-refractivity contribution in [1.82, 2.24) is 14.8 Å². The lowest BCUT2D eigenvalue weighted by atomic mass is 10.3. The van der Waals surface area contributed by atoms with Crippen LogP contribution >= 0.6 is 27.5 Å². The van der Waals surface area contributed by atoms with Gasteiger partial charge in [-0.2, -0.15) is 18.3 Å². The number of rotatable bonds is 1. The second-order valence-electron chi connectivity index (χ2n) is 3.55. The SMILES string of the molecule is Cc1cc(Br)nn1-c1ncc(C(F)(F)F)cc1Cl. The van der Waals surface area contributed by atoms with Crippen molar-refractivity contribution in [3.8, 4) is 5.82 Å². The Morgan fingerprint density at radius 1 is 1.33 bits per heavy atom. The molecule has 18 heavy (non-hydrogen) atoms. The predicted molar refractivity (Wildman–Crippen MR) is 63.8 cm³/mol. The molecule has 0 saturated carbocycles. The number of nitrogens with zero attached hydrogens (tertiary/aromatic N) is 3. The van der Waals surface area contributed by atoms with Gasteiger partial charge in [0.25, 0.3) is 0 Å². The fourth-order valence-electron chi connectivity index (χ4n) is 1.39. The van der Waals surface area contributed by atoms with E-state index in [-0.39, 0.29) is 10.8 Å². The molecule has 2 aromatic heterocycles. The molecule has 2 heterocycles. The Bertz CT molecular complexity index is 595. The molecule has 0 saturated heterocycles. The van der Waals surface area contributed by atoms with Crippen molar-refractivity contribution in [2.75, 3.05) is 0 Å². The molecule has 2 rings (SSSR count). The van der Waals surface area contributed by atoms with Gasteiger partial charge in [-0.05, 0) is 35.0 Å². The lowest BCUT2D eigenvalue weighted by Gasteiger charge is -2.09. The van der Waals surface area contributed by atoms with Gasteiger partial charge in [0, 0.05) is 11.9 Å². The van der Waals surface area contributed by atoms with E-state index in [0.29, 0.717) is 10.3 Å². The first-order valence-electron chi connectivity index (χ1n) is 4.74. The molecule has 0 N–H and O–H groups in total. The third-order valence-electron chi connectivity index (χ3n) is 2.21. The van der Waals surface area contributed by atoms with Crippen LogP contribution < -0.4 is 0 Å². The summed E-state index contributed by atoms with van der Waals surface area (Å²) in [6, 6.07) is 2.54. The van der Waals surface area contributed by atoms with Gasteiger partial charge in [-0.15, -0.1) is 0 Å². The van der Waals surface area contributed by atoms with Crippen molar-refractivity contribution in [2.45, 2.75) is 13.1 Å². The molecule has 96 valence electrons. The summed E-state index contributed by atoms with van der Waals surface area (Å²) in [5, 5.41) is 3.93. The molecule has 0 aromatic carbocycles. The molecule has 0 amide bonds. The summed E-state index contributed by atoms with van der Waals surface area (Å²) < 4.78 is 39.3. The third kappa shape index (κ3) is 2.51. The Hall–Kier alpha value is -1.08. The van der Waals surface area contributed by atoms with Crippen LogP contribution in [0.3, 0.4) is 0 Å². The Balaban J connectivity index is 2.51. The smallest absolute Gasteiger partial charge is 0.235 e. The fraction of sp³-hybridized carbons (Fsp3) is 0.200. The number of hydrogen-bond acceptors (Lipinski definition) is 2. The monoisotopic (exact) mass is 339 g/mol. The highest BCUT2D eigenvalue weighted by atomic mass is 79.9. The number of pyridine rings is 1. The van der Waals surface area contributed by atoms with Crippen LogP contribution in [0.2, 0.25) is 5.02 Å². The molecule has 0 fully saturated rings. The van der Waals surface area contributed by atoms with E-state index in [9.17, 15) is 13.2 Å². The number of hydrogen-bond donors (Lipinski definition) is 0. The van der Waals surface area contributed by atoms with E-state index in [2.05, 4.69) is 26.0 Å². The van der Waals surface area contributed by atoms with Gasteiger partial charge in [-0.1, -0.05) is 11.6 Å². The summed E-state index contributed by atoms with van der Waals surface area (Å²) in [5.41, 5.74) is -0.184. The molecule has 3 nitrogen and oxygen atoms in total. The van der Waals surface area contributed by atoms with Gasteiger partial charge in [-0.25, -0.2) is 9.67 Å². The molecule has 0 atom stereocenters. The molecule has 0 spiro atoms. The first-order valence-corrected chi connectivity index (χ1v) is 5.91. The van der Waals surface area contributed by atoms with Gasteiger partial charge in [0.15, 0.2) is 5.82 Å². The minimum absolute atomic E-state index is 0.108. The highest BCUT2D eigenvalue weighted by Crippen LogP contribution is 2.32. The van der Waals surface area contributed by atoms with Gasteiger partial charge < -0.3 is 0 Å². The maximum absolute atomic E-state index is 12.5. The van der Waals surface area contributed by atoms with Gasteiger partial charge in [-0.3, -0.25) is 0 Å². The van der Waals surface area contributed by atoms with Crippen molar-refractivity contribution in [2.24, 2.45) is 0 Å². The van der Waals surface area contributed by atoms with Crippen molar-refractivity contribution < 1.29 is 13.2 Å². The maximum atomic E-state index is 12.5. The van der Waals surface area contributed by atoms with Gasteiger partial charge in [0.05, 0.1) is 10.6 Å². The Morgan fingerprint density at radius 2 is 2.00 bits per heavy atom. The predicted octanol–water partition coefficient (Wildman–Crippen LogP) is 4.01. The summed E-state index contributed by atoms with van der Waals surface area (Å²) in [4.78, 5) is 3.72. The topological polar surface area (TPSA) is 30.7 Å². The van der Waals surface area contributed by atoms with Crippen LogP contribution in [0.1, 0.15) is 11.3 Å². The molecule has 0 radical (unpaired) electrons. The van der Waals surface area contributed by atoms with Crippen LogP contribution in [0.4, 0.5) is 13.2 Å². The lowest BCUT2D eigenvalue weighted by molar-refractivity contribution is -0.137. The van der Waals surface area contributed by atoms with Crippen molar-refractivity contribution in [3.63, 3.8) is 0 Å². The second-order valence-corrected chi connectivity index (χ2v) is 4.77. The van der Waals surface area contributed by atoms with Gasteiger partial charge in [0.1, 0.15) is 4.60 Å². The highest BCUT2D eigenvalue weighted by molar-refractivity contribution is 9.10. The normalized spacial score (nSPS) is 11.9. The zero-order valence-corrected chi connectivity index (χ0v) is 11.3. The largest absolute Gasteiger partial charge is 0.417 e. The Kier molecular flexibility index (Phi) is 3.37. The average Bonchev–Trinajstić information content (AvgIpc) is 2.56. The summed E-state index contributed by atoms with van der Waals surface area (Å²) >= 11 is 8.98. The van der Waals surface area contributed by atoms with Gasteiger partial charge in [0.2, 0.25) is 0 Å². The van der Waals surface area contributed by atoms with E-state index in [1.54, 1.807) is 13.0 Å². The maximum Gasteiger partial charge on any atom is 0.417 e. The minimum atomic E-state index is -4.46. The molecular formula is C10H6BrClF3N3. The van der Waals surface area contributed by atoms with E-state index in [0.717, 1.165) is 12.3 Å². The fourth-order valence-corrected chi connectivity index (χ4v) is 2.13. The first-order chi connectivity index (χ1) is 8.29. The second kappa shape index (κ2) is 4.55. The van der Waals surface area contributed by atoms with E-state index in [1.807, 2.05) is 0 Å². The summed E-state index contributed by atoms with van der Waals surface area (Å²) in [5.74, 6) is 0.160. The third-order valence-corrected chi connectivity index (χ3v) is 2.87. The molecule has 0 aliphatic rings. The van der Waals surface area contributed by atoms with Crippen molar-refractivity contribution in [3.05, 3.63) is 39.2 Å². The zero-order chi connectivity index (χ0) is 13.5. The lowest BCUT2D eigenvalue weighted by Crippen LogP contribution is -2.08. The summed E-state index contributed by atoms with van der Waals surface area (Å²) in [6.45, 7) is 1.74. The highest BCUT2D eigenvalue weighted by Gasteiger charge is 2.31. The number of alkyl halides is 3. The number of aryl methyl sites for hydroxylation is 1. The van der Waals surface area contributed by atoms with Crippen LogP contribution in [0.15, 0.2) is 22.9 Å². The van der Waals surface area contributed by atoms with Crippen LogP contribution in [-0.4, -0.2) is 14.8 Å². The van der Waals surface area contributed by atoms with Crippen LogP contribution in [0.5, 0.6) is 0 Å². The van der Waals surface area contributed by atoms with Crippen LogP contribution in [0, 0.1) is 6.92 Å². The minimum Gasteiger partial charge on any atom is -0.235 e. The first kappa shape index (κ1) is 13.4. The summed E-state index contributed by atoms with van der Waals surface area (Å²) in [6.07, 6.45) is -3.73. The van der Waals surface area contributed by atoms with Crippen LogP contribution in [-0.2, 0) is 6.18 Å². The van der Waals surface area contributed by atoms with E-state index < -0.39 is 11.7 Å². The quantitative estimate of drug-likeness (QED) is 0.785. The van der Waals surface area contributed by atoms with Crippen LogP contribution in [0.25, 0.3) is 5.82 Å². The molecule has 0 aliphatic heterocycles. The van der Waals surface area contributed by atoms with E-state index in [1.165, 1.54) is 4.68 Å². The molecule has 0 unspecified atom stereocenters. The molecule has 8 heteroatoms. The molecule has 2 aromatic rings. The molecular weight excluding hydrogens is 334 g/mol. The number of aromatic nitrogens is 3. The zero-order valence-electron chi connectivity index (χ0n) is 8.96. The van der Waals surface area contributed by atoms with E-state index >= 15 is 0 Å². The Labute approximate surface area is 114 Å².